The van der Waals surface area contributed by atoms with Crippen LogP contribution in [-0.2, 0) is 4.74 Å². The Kier molecular flexibility index (Phi) is 10.8. The molecule has 1 N–H and O–H groups in total. The molecule has 0 aromatic rings. The summed E-state index contributed by atoms with van der Waals surface area (Å²) >= 11 is 0. The van der Waals surface area contributed by atoms with Crippen LogP contribution < -0.4 is 0 Å². The van der Waals surface area contributed by atoms with Gasteiger partial charge in [0.05, 0.1) is 0 Å². The third kappa shape index (κ3) is 9.00. The zero-order valence-corrected chi connectivity index (χ0v) is 7.07. The van der Waals surface area contributed by atoms with E-state index in [4.69, 9.17) is 5.11 Å². The summed E-state index contributed by atoms with van der Waals surface area (Å²) in [6, 6.07) is 0. The standard InChI is InChI=1S/C3H8O2.Ce/c1-3(4)5-2;/h3-4H,1-2H3;. The SMILES string of the molecule is COC(C)O.[Ce]. The van der Waals surface area contributed by atoms with Crippen molar-refractivity contribution in [3.8, 4) is 0 Å². The number of aliphatic hydroxyl groups excluding tert-OH is 1. The van der Waals surface area contributed by atoms with Crippen molar-refractivity contribution in [2.24, 2.45) is 0 Å². The molecule has 0 saturated heterocycles. The fraction of sp³-hybridized carbons (Fsp3) is 1.00. The van der Waals surface area contributed by atoms with E-state index in [1.165, 1.54) is 7.11 Å². The van der Waals surface area contributed by atoms with E-state index in [9.17, 15) is 0 Å². The van der Waals surface area contributed by atoms with Crippen LogP contribution in [-0.4, -0.2) is 18.5 Å². The average Bonchev–Trinajstić information content (AvgIpc) is 1.38. The number of rotatable bonds is 1. The first-order chi connectivity index (χ1) is 2.27. The maximum absolute atomic E-state index is 8.14. The van der Waals surface area contributed by atoms with E-state index in [1.54, 1.807) is 6.92 Å². The Labute approximate surface area is 71.3 Å². The van der Waals surface area contributed by atoms with E-state index in [1.807, 2.05) is 0 Å². The average molecular weight is 216 g/mol. The zero-order valence-electron chi connectivity index (χ0n) is 3.93. The Morgan fingerprint density at radius 1 is 1.67 bits per heavy atom. The number of hydrogen-bond donors (Lipinski definition) is 1. The van der Waals surface area contributed by atoms with Gasteiger partial charge in [0.15, 0.2) is 6.29 Å². The summed E-state index contributed by atoms with van der Waals surface area (Å²) in [7, 11) is 1.45. The molecule has 36 valence electrons. The first-order valence-corrected chi connectivity index (χ1v) is 1.48. The van der Waals surface area contributed by atoms with E-state index in [2.05, 4.69) is 4.74 Å². The molecule has 0 radical (unpaired) electrons. The minimum absolute atomic E-state index is 0. The number of hydrogen-bond acceptors (Lipinski definition) is 2. The van der Waals surface area contributed by atoms with Gasteiger partial charge < -0.3 is 9.84 Å². The van der Waals surface area contributed by atoms with Crippen LogP contribution in [0.15, 0.2) is 0 Å². The normalized spacial score (nSPS) is 12.5. The Morgan fingerprint density at radius 3 is 1.83 bits per heavy atom. The van der Waals surface area contributed by atoms with Gasteiger partial charge in [0.2, 0.25) is 0 Å². The first kappa shape index (κ1) is 10.3. The second-order valence-electron chi connectivity index (χ2n) is 0.835. The molecule has 0 aromatic carbocycles. The van der Waals surface area contributed by atoms with Gasteiger partial charge >= 0.3 is 0 Å². The molecule has 0 heterocycles. The summed E-state index contributed by atoms with van der Waals surface area (Å²) < 4.78 is 4.31. The maximum atomic E-state index is 8.14. The van der Waals surface area contributed by atoms with Gasteiger partial charge in [-0.15, -0.1) is 0 Å². The second-order valence-corrected chi connectivity index (χ2v) is 0.835. The third-order valence-corrected chi connectivity index (χ3v) is 0.341. The van der Waals surface area contributed by atoms with Crippen LogP contribution in [0.4, 0.5) is 0 Å². The smallest absolute Gasteiger partial charge is 0.151 e. The van der Waals surface area contributed by atoms with Gasteiger partial charge in [0.1, 0.15) is 0 Å². The van der Waals surface area contributed by atoms with Crippen LogP contribution in [0.1, 0.15) is 6.92 Å². The van der Waals surface area contributed by atoms with Crippen molar-refractivity contribution in [3.63, 3.8) is 0 Å². The maximum Gasteiger partial charge on any atom is 0.151 e. The van der Waals surface area contributed by atoms with Crippen molar-refractivity contribution in [2.45, 2.75) is 13.2 Å². The zero-order chi connectivity index (χ0) is 4.28. The largest absolute Gasteiger partial charge is 0.368 e. The minimum atomic E-state index is -0.616. The second kappa shape index (κ2) is 6.30. The van der Waals surface area contributed by atoms with E-state index < -0.39 is 6.29 Å². The molecule has 2 nitrogen and oxygen atoms in total. The fourth-order valence-corrected chi connectivity index (χ4v) is 0. The molecular formula is C3H8CeO2. The predicted octanol–water partition coefficient (Wildman–Crippen LogP) is -0.0289. The summed E-state index contributed by atoms with van der Waals surface area (Å²) in [5.41, 5.74) is 0. The van der Waals surface area contributed by atoms with Crippen molar-refractivity contribution >= 4 is 0 Å². The summed E-state index contributed by atoms with van der Waals surface area (Å²) in [6.45, 7) is 1.56. The van der Waals surface area contributed by atoms with Gasteiger partial charge in [-0.05, 0) is 6.92 Å². The van der Waals surface area contributed by atoms with Gasteiger partial charge in [-0.2, -0.15) is 0 Å². The summed E-state index contributed by atoms with van der Waals surface area (Å²) in [5.74, 6) is 0. The molecule has 0 saturated carbocycles. The van der Waals surface area contributed by atoms with E-state index >= 15 is 0 Å². The van der Waals surface area contributed by atoms with Crippen LogP contribution >= 0.6 is 0 Å². The molecule has 0 spiro atoms. The molecule has 0 rings (SSSR count). The van der Waals surface area contributed by atoms with Crippen LogP contribution in [0.5, 0.6) is 0 Å². The van der Waals surface area contributed by atoms with Crippen molar-refractivity contribution in [1.82, 2.24) is 0 Å². The van der Waals surface area contributed by atoms with Crippen molar-refractivity contribution < 1.29 is 51.6 Å². The Balaban J connectivity index is 0. The van der Waals surface area contributed by atoms with E-state index in [-0.39, 0.29) is 41.7 Å². The molecule has 0 amide bonds. The van der Waals surface area contributed by atoms with Crippen LogP contribution in [0, 0.1) is 41.7 Å². The molecule has 0 aromatic heterocycles. The molecule has 1 unspecified atom stereocenters. The van der Waals surface area contributed by atoms with Crippen molar-refractivity contribution in [2.75, 3.05) is 7.11 Å². The topological polar surface area (TPSA) is 29.5 Å². The Morgan fingerprint density at radius 2 is 1.83 bits per heavy atom. The quantitative estimate of drug-likeness (QED) is 0.624. The first-order valence-electron chi connectivity index (χ1n) is 1.48. The monoisotopic (exact) mass is 216 g/mol. The van der Waals surface area contributed by atoms with Gasteiger partial charge in [-0.3, -0.25) is 0 Å². The Bertz CT molecular complexity index is 22.8. The van der Waals surface area contributed by atoms with Crippen molar-refractivity contribution in [1.29, 1.82) is 0 Å². The number of ether oxygens (including phenoxy) is 1. The van der Waals surface area contributed by atoms with Crippen LogP contribution in [0.2, 0.25) is 0 Å². The van der Waals surface area contributed by atoms with Gasteiger partial charge in [0.25, 0.3) is 0 Å². The molecule has 1 atom stereocenters. The van der Waals surface area contributed by atoms with E-state index in [0.29, 0.717) is 0 Å². The summed E-state index contributed by atoms with van der Waals surface area (Å²) in [6.07, 6.45) is -0.616. The van der Waals surface area contributed by atoms with Gasteiger partial charge in [-0.1, -0.05) is 0 Å². The van der Waals surface area contributed by atoms with Gasteiger partial charge in [-0.25, -0.2) is 0 Å². The molecule has 6 heavy (non-hydrogen) atoms. The molecular weight excluding hydrogens is 208 g/mol. The van der Waals surface area contributed by atoms with Crippen molar-refractivity contribution in [3.05, 3.63) is 0 Å². The minimum Gasteiger partial charge on any atom is -0.368 e. The fourth-order valence-electron chi connectivity index (χ4n) is 0. The molecule has 0 aliphatic carbocycles. The summed E-state index contributed by atoms with van der Waals surface area (Å²) in [4.78, 5) is 0. The summed E-state index contributed by atoms with van der Waals surface area (Å²) in [5, 5.41) is 8.14. The van der Waals surface area contributed by atoms with Crippen LogP contribution in [0.3, 0.4) is 0 Å². The predicted molar refractivity (Wildman–Crippen MR) is 18.7 cm³/mol. The molecule has 3 heteroatoms. The molecule has 0 fully saturated rings. The molecule has 0 bridgehead atoms. The van der Waals surface area contributed by atoms with Crippen LogP contribution in [0.25, 0.3) is 0 Å². The third-order valence-electron chi connectivity index (χ3n) is 0.341. The van der Waals surface area contributed by atoms with Gasteiger partial charge in [0, 0.05) is 48.9 Å². The van der Waals surface area contributed by atoms with E-state index in [0.717, 1.165) is 0 Å². The number of aliphatic hydroxyl groups is 1. The molecule has 0 aliphatic rings. The number of methoxy groups -OCH3 is 1. The molecule has 0 aliphatic heterocycles. The Hall–Kier alpha value is 1.30.